The third-order valence-corrected chi connectivity index (χ3v) is 5.80. The van der Waals surface area contributed by atoms with E-state index in [4.69, 9.17) is 21.6 Å². The van der Waals surface area contributed by atoms with E-state index in [-0.39, 0.29) is 0 Å². The number of esters is 1. The zero-order valence-corrected chi connectivity index (χ0v) is 15.6. The zero-order chi connectivity index (χ0) is 18.5. The number of rotatable bonds is 5. The summed E-state index contributed by atoms with van der Waals surface area (Å²) in [4.78, 5) is 24.3. The van der Waals surface area contributed by atoms with Crippen LogP contribution in [-0.4, -0.2) is 18.5 Å². The first-order valence-corrected chi connectivity index (χ1v) is 9.45. The molecule has 0 bridgehead atoms. The van der Waals surface area contributed by atoms with Gasteiger partial charge < -0.3 is 10.1 Å². The van der Waals surface area contributed by atoms with Crippen LogP contribution in [0.15, 0.2) is 41.8 Å². The highest BCUT2D eigenvalue weighted by Crippen LogP contribution is 2.35. The summed E-state index contributed by atoms with van der Waals surface area (Å²) < 4.78 is 5.93. The van der Waals surface area contributed by atoms with Crippen LogP contribution in [0, 0.1) is 11.3 Å². The Labute approximate surface area is 162 Å². The molecule has 1 aromatic carbocycles. The van der Waals surface area contributed by atoms with Gasteiger partial charge in [-0.25, -0.2) is 4.79 Å². The lowest BCUT2D eigenvalue weighted by Gasteiger charge is -2.03. The highest BCUT2D eigenvalue weighted by atomic mass is 35.5. The molecule has 3 rings (SSSR count). The van der Waals surface area contributed by atoms with Crippen molar-refractivity contribution >= 4 is 67.3 Å². The number of carbonyl (C=O) groups excluding carboxylic acids is 2. The molecule has 0 fully saturated rings. The Morgan fingerprint density at radius 1 is 1.31 bits per heavy atom. The summed E-state index contributed by atoms with van der Waals surface area (Å²) >= 11 is 8.98. The first-order valence-electron chi connectivity index (χ1n) is 7.38. The minimum absolute atomic E-state index is 0.369. The molecule has 0 unspecified atom stereocenters. The number of carbonyl (C=O) groups is 2. The van der Waals surface area contributed by atoms with Crippen LogP contribution in [0.25, 0.3) is 16.2 Å². The Balaban J connectivity index is 1.56. The molecule has 1 amide bonds. The predicted molar refractivity (Wildman–Crippen MR) is 104 cm³/mol. The van der Waals surface area contributed by atoms with Gasteiger partial charge in [-0.1, -0.05) is 29.8 Å². The van der Waals surface area contributed by atoms with Gasteiger partial charge in [0.25, 0.3) is 5.91 Å². The molecule has 0 saturated carbocycles. The number of ether oxygens (including phenoxy) is 1. The standard InChI is InChI=1S/C18H11ClN2O3S2/c19-17-12-3-1-2-4-13(12)26-14(17)5-6-16(23)24-10-15(22)21-18-11(9-20)7-8-25-18/h1-8H,10H2,(H,21,22)/b6-5+. The molecular weight excluding hydrogens is 392 g/mol. The van der Waals surface area contributed by atoms with Gasteiger partial charge in [-0.15, -0.1) is 22.7 Å². The number of anilines is 1. The number of fused-ring (bicyclic) bond motifs is 1. The molecule has 0 aliphatic heterocycles. The van der Waals surface area contributed by atoms with Gasteiger partial charge in [0.15, 0.2) is 6.61 Å². The van der Waals surface area contributed by atoms with Gasteiger partial charge in [0.1, 0.15) is 11.1 Å². The van der Waals surface area contributed by atoms with Gasteiger partial charge in [-0.05, 0) is 23.6 Å². The molecule has 0 aliphatic carbocycles. The molecule has 130 valence electrons. The smallest absolute Gasteiger partial charge is 0.331 e. The summed E-state index contributed by atoms with van der Waals surface area (Å²) in [5.41, 5.74) is 0.369. The van der Waals surface area contributed by atoms with Crippen molar-refractivity contribution in [3.8, 4) is 6.07 Å². The van der Waals surface area contributed by atoms with Crippen molar-refractivity contribution in [1.82, 2.24) is 0 Å². The molecule has 0 atom stereocenters. The lowest BCUT2D eigenvalue weighted by atomic mass is 10.2. The number of halogens is 1. The van der Waals surface area contributed by atoms with Crippen LogP contribution in [-0.2, 0) is 14.3 Å². The van der Waals surface area contributed by atoms with Crippen LogP contribution < -0.4 is 5.32 Å². The Hall–Kier alpha value is -2.66. The Morgan fingerprint density at radius 2 is 2.12 bits per heavy atom. The quantitative estimate of drug-likeness (QED) is 0.496. The number of amides is 1. The number of hydrogen-bond donors (Lipinski definition) is 1. The fraction of sp³-hybridized carbons (Fsp3) is 0.0556. The summed E-state index contributed by atoms with van der Waals surface area (Å²) in [6.07, 6.45) is 2.80. The largest absolute Gasteiger partial charge is 0.452 e. The molecule has 1 N–H and O–H groups in total. The van der Waals surface area contributed by atoms with Crippen LogP contribution in [0.3, 0.4) is 0 Å². The summed E-state index contributed by atoms with van der Waals surface area (Å²) in [6.45, 7) is -0.438. The van der Waals surface area contributed by atoms with Crippen LogP contribution in [0.5, 0.6) is 0 Å². The van der Waals surface area contributed by atoms with E-state index >= 15 is 0 Å². The van der Waals surface area contributed by atoms with Crippen molar-refractivity contribution in [2.24, 2.45) is 0 Å². The van der Waals surface area contributed by atoms with Gasteiger partial charge in [0.2, 0.25) is 0 Å². The summed E-state index contributed by atoms with van der Waals surface area (Å²) in [7, 11) is 0. The number of nitrogens with one attached hydrogen (secondary N) is 1. The average molecular weight is 403 g/mol. The molecule has 2 heterocycles. The third kappa shape index (κ3) is 4.11. The third-order valence-electron chi connectivity index (χ3n) is 3.31. The zero-order valence-electron chi connectivity index (χ0n) is 13.2. The molecule has 8 heteroatoms. The van der Waals surface area contributed by atoms with E-state index in [9.17, 15) is 9.59 Å². The minimum Gasteiger partial charge on any atom is -0.452 e. The van der Waals surface area contributed by atoms with Crippen LogP contribution in [0.1, 0.15) is 10.4 Å². The molecule has 3 aromatic rings. The number of hydrogen-bond acceptors (Lipinski definition) is 6. The van der Waals surface area contributed by atoms with Gasteiger partial charge in [0, 0.05) is 21.0 Å². The maximum Gasteiger partial charge on any atom is 0.331 e. The molecular formula is C18H11ClN2O3S2. The first kappa shape index (κ1) is 18.1. The first-order chi connectivity index (χ1) is 12.6. The predicted octanol–water partition coefficient (Wildman–Crippen LogP) is 4.68. The molecule has 0 aliphatic rings. The van der Waals surface area contributed by atoms with Gasteiger partial charge in [0.05, 0.1) is 10.6 Å². The van der Waals surface area contributed by atoms with Crippen molar-refractivity contribution < 1.29 is 14.3 Å². The van der Waals surface area contributed by atoms with E-state index in [0.29, 0.717) is 15.6 Å². The Kier molecular flexibility index (Phi) is 5.68. The molecule has 0 spiro atoms. The summed E-state index contributed by atoms with van der Waals surface area (Å²) in [5, 5.41) is 15.1. The second kappa shape index (κ2) is 8.15. The van der Waals surface area contributed by atoms with E-state index < -0.39 is 18.5 Å². The van der Waals surface area contributed by atoms with Crippen LogP contribution in [0.4, 0.5) is 5.00 Å². The maximum absolute atomic E-state index is 11.8. The van der Waals surface area contributed by atoms with Gasteiger partial charge in [-0.3, -0.25) is 4.79 Å². The normalized spacial score (nSPS) is 10.8. The topological polar surface area (TPSA) is 79.2 Å². The number of benzene rings is 1. The molecule has 0 saturated heterocycles. The lowest BCUT2D eigenvalue weighted by molar-refractivity contribution is -0.142. The highest BCUT2D eigenvalue weighted by molar-refractivity contribution is 7.20. The monoisotopic (exact) mass is 402 g/mol. The van der Waals surface area contributed by atoms with E-state index in [1.54, 1.807) is 17.5 Å². The van der Waals surface area contributed by atoms with Gasteiger partial charge in [-0.2, -0.15) is 5.26 Å². The number of nitriles is 1. The molecule has 0 radical (unpaired) electrons. The minimum atomic E-state index is -0.652. The van der Waals surface area contributed by atoms with E-state index in [2.05, 4.69) is 5.32 Å². The number of thiophene rings is 2. The van der Waals surface area contributed by atoms with Crippen molar-refractivity contribution in [2.75, 3.05) is 11.9 Å². The molecule has 2 aromatic heterocycles. The van der Waals surface area contributed by atoms with Gasteiger partial charge >= 0.3 is 5.97 Å². The second-order valence-electron chi connectivity index (χ2n) is 5.04. The maximum atomic E-state index is 11.8. The summed E-state index contributed by atoms with van der Waals surface area (Å²) in [6, 6.07) is 11.2. The van der Waals surface area contributed by atoms with Crippen LogP contribution >= 0.6 is 34.3 Å². The fourth-order valence-corrected chi connectivity index (χ4v) is 4.28. The van der Waals surface area contributed by atoms with Crippen molar-refractivity contribution in [2.45, 2.75) is 0 Å². The van der Waals surface area contributed by atoms with Crippen molar-refractivity contribution in [1.29, 1.82) is 5.26 Å². The Bertz CT molecular complexity index is 1050. The lowest BCUT2D eigenvalue weighted by Crippen LogP contribution is -2.19. The Morgan fingerprint density at radius 3 is 2.88 bits per heavy atom. The van der Waals surface area contributed by atoms with E-state index in [1.807, 2.05) is 30.3 Å². The fourth-order valence-electron chi connectivity index (χ4n) is 2.13. The second-order valence-corrected chi connectivity index (χ2v) is 7.42. The highest BCUT2D eigenvalue weighted by Gasteiger charge is 2.11. The van der Waals surface area contributed by atoms with Crippen molar-refractivity contribution in [3.05, 3.63) is 57.3 Å². The van der Waals surface area contributed by atoms with E-state index in [1.165, 1.54) is 28.7 Å². The van der Waals surface area contributed by atoms with E-state index in [0.717, 1.165) is 15.0 Å². The average Bonchev–Trinajstić information content (AvgIpc) is 3.22. The molecule has 26 heavy (non-hydrogen) atoms. The summed E-state index contributed by atoms with van der Waals surface area (Å²) in [5.74, 6) is -1.16. The number of nitrogens with zero attached hydrogens (tertiary/aromatic N) is 1. The molecule has 5 nitrogen and oxygen atoms in total. The van der Waals surface area contributed by atoms with Crippen LogP contribution in [0.2, 0.25) is 5.02 Å². The SMILES string of the molecule is N#Cc1ccsc1NC(=O)COC(=O)/C=C/c1sc2ccccc2c1Cl. The van der Waals surface area contributed by atoms with Crippen molar-refractivity contribution in [3.63, 3.8) is 0 Å².